The molecule has 94 valence electrons. The summed E-state index contributed by atoms with van der Waals surface area (Å²) in [5, 5.41) is 12.8. The van der Waals surface area contributed by atoms with Gasteiger partial charge in [-0.05, 0) is 37.8 Å². The van der Waals surface area contributed by atoms with Crippen LogP contribution in [0.15, 0.2) is 29.4 Å². The van der Waals surface area contributed by atoms with Crippen LogP contribution in [0.1, 0.15) is 19.8 Å². The lowest BCUT2D eigenvalue weighted by molar-refractivity contribution is -0.119. The van der Waals surface area contributed by atoms with Crippen LogP contribution in [0.3, 0.4) is 0 Å². The fraction of sp³-hybridized carbons (Fsp3) is 0.462. The molecule has 18 heavy (non-hydrogen) atoms. The number of nitriles is 1. The highest BCUT2D eigenvalue weighted by molar-refractivity contribution is 7.99. The van der Waals surface area contributed by atoms with Gasteiger partial charge in [0.25, 0.3) is 0 Å². The molecular formula is C13H15N3OS. The van der Waals surface area contributed by atoms with E-state index >= 15 is 0 Å². The number of pyridine rings is 1. The normalized spacial score (nSPS) is 17.6. The van der Waals surface area contributed by atoms with Gasteiger partial charge < -0.3 is 5.32 Å². The second-order valence-electron chi connectivity index (χ2n) is 4.59. The highest BCUT2D eigenvalue weighted by atomic mass is 32.2. The molecule has 4 nitrogen and oxygen atoms in total. The molecule has 0 aromatic carbocycles. The average Bonchev–Trinajstić information content (AvgIpc) is 3.22. The van der Waals surface area contributed by atoms with E-state index in [1.54, 1.807) is 13.1 Å². The van der Waals surface area contributed by atoms with E-state index in [4.69, 9.17) is 5.26 Å². The molecular weight excluding hydrogens is 246 g/mol. The fourth-order valence-corrected chi connectivity index (χ4v) is 2.44. The van der Waals surface area contributed by atoms with E-state index < -0.39 is 5.54 Å². The van der Waals surface area contributed by atoms with Gasteiger partial charge in [0.15, 0.2) is 0 Å². The van der Waals surface area contributed by atoms with Crippen molar-refractivity contribution in [3.05, 3.63) is 24.4 Å². The van der Waals surface area contributed by atoms with E-state index in [-0.39, 0.29) is 5.91 Å². The van der Waals surface area contributed by atoms with Crippen molar-refractivity contribution in [1.29, 1.82) is 5.26 Å². The van der Waals surface area contributed by atoms with Crippen molar-refractivity contribution in [3.63, 3.8) is 0 Å². The lowest BCUT2D eigenvalue weighted by Crippen LogP contribution is -2.47. The first-order valence-corrected chi connectivity index (χ1v) is 6.89. The molecule has 2 rings (SSSR count). The third kappa shape index (κ3) is 3.23. The highest BCUT2D eigenvalue weighted by Gasteiger charge is 2.42. The monoisotopic (exact) mass is 261 g/mol. The van der Waals surface area contributed by atoms with E-state index in [1.165, 1.54) is 11.8 Å². The molecule has 1 aliphatic rings. The number of thioether (sulfide) groups is 1. The highest BCUT2D eigenvalue weighted by Crippen LogP contribution is 2.39. The van der Waals surface area contributed by atoms with Gasteiger partial charge in [-0.25, -0.2) is 4.98 Å². The van der Waals surface area contributed by atoms with Crippen molar-refractivity contribution < 1.29 is 4.79 Å². The molecule has 1 aromatic heterocycles. The average molecular weight is 261 g/mol. The Morgan fingerprint density at radius 2 is 2.44 bits per heavy atom. The number of aromatic nitrogens is 1. The van der Waals surface area contributed by atoms with Gasteiger partial charge in [-0.2, -0.15) is 5.26 Å². The predicted octanol–water partition coefficient (Wildman–Crippen LogP) is 1.98. The molecule has 0 radical (unpaired) electrons. The molecule has 1 fully saturated rings. The Labute approximate surface area is 111 Å². The van der Waals surface area contributed by atoms with Crippen LogP contribution in [0.5, 0.6) is 0 Å². The van der Waals surface area contributed by atoms with E-state index in [0.29, 0.717) is 11.7 Å². The van der Waals surface area contributed by atoms with Gasteiger partial charge in [0.1, 0.15) is 5.54 Å². The molecule has 1 amide bonds. The SMILES string of the molecule is CC(C#N)(NC(=O)CSc1ccccn1)C1CC1. The van der Waals surface area contributed by atoms with Crippen LogP contribution < -0.4 is 5.32 Å². The topological polar surface area (TPSA) is 65.8 Å². The van der Waals surface area contributed by atoms with Gasteiger partial charge in [-0.15, -0.1) is 0 Å². The minimum atomic E-state index is -0.707. The smallest absolute Gasteiger partial charge is 0.231 e. The largest absolute Gasteiger partial charge is 0.337 e. The Bertz CT molecular complexity index is 467. The van der Waals surface area contributed by atoms with Gasteiger partial charge in [0, 0.05) is 6.20 Å². The minimum Gasteiger partial charge on any atom is -0.337 e. The summed E-state index contributed by atoms with van der Waals surface area (Å²) in [5.74, 6) is 0.494. The number of nitrogens with one attached hydrogen (secondary N) is 1. The number of carbonyl (C=O) groups excluding carboxylic acids is 1. The molecule has 1 saturated carbocycles. The van der Waals surface area contributed by atoms with Crippen LogP contribution in [0, 0.1) is 17.2 Å². The Morgan fingerprint density at radius 1 is 1.67 bits per heavy atom. The Hall–Kier alpha value is -1.54. The summed E-state index contributed by atoms with van der Waals surface area (Å²) >= 11 is 1.38. The Morgan fingerprint density at radius 3 is 3.00 bits per heavy atom. The van der Waals surface area contributed by atoms with Gasteiger partial charge in [0.2, 0.25) is 5.91 Å². The first-order valence-electron chi connectivity index (χ1n) is 5.90. The number of hydrogen-bond donors (Lipinski definition) is 1. The van der Waals surface area contributed by atoms with Crippen LogP contribution in [0.2, 0.25) is 0 Å². The number of rotatable bonds is 5. The van der Waals surface area contributed by atoms with Crippen LogP contribution in [-0.2, 0) is 4.79 Å². The molecule has 1 heterocycles. The molecule has 1 aliphatic carbocycles. The number of carbonyl (C=O) groups is 1. The summed E-state index contributed by atoms with van der Waals surface area (Å²) < 4.78 is 0. The maximum atomic E-state index is 11.8. The Kier molecular flexibility index (Phi) is 3.87. The molecule has 1 atom stereocenters. The zero-order valence-corrected chi connectivity index (χ0v) is 11.0. The predicted molar refractivity (Wildman–Crippen MR) is 69.8 cm³/mol. The van der Waals surface area contributed by atoms with Crippen LogP contribution in [-0.4, -0.2) is 22.2 Å². The van der Waals surface area contributed by atoms with Gasteiger partial charge in [-0.3, -0.25) is 4.79 Å². The van der Waals surface area contributed by atoms with Crippen molar-refractivity contribution in [2.75, 3.05) is 5.75 Å². The summed E-state index contributed by atoms with van der Waals surface area (Å²) in [6, 6.07) is 7.80. The van der Waals surface area contributed by atoms with E-state index in [2.05, 4.69) is 16.4 Å². The minimum absolute atomic E-state index is 0.110. The van der Waals surface area contributed by atoms with Crippen LogP contribution >= 0.6 is 11.8 Å². The van der Waals surface area contributed by atoms with Gasteiger partial charge >= 0.3 is 0 Å². The quantitative estimate of drug-likeness (QED) is 0.823. The standard InChI is InChI=1S/C13H15N3OS/c1-13(9-14,10-5-6-10)16-11(17)8-18-12-4-2-3-7-15-12/h2-4,7,10H,5-6,8H2,1H3,(H,16,17). The summed E-state index contributed by atoms with van der Waals surface area (Å²) in [4.78, 5) is 15.9. The third-order valence-corrected chi connectivity index (χ3v) is 3.96. The van der Waals surface area contributed by atoms with Crippen molar-refractivity contribution in [2.45, 2.75) is 30.3 Å². The summed E-state index contributed by atoms with van der Waals surface area (Å²) in [7, 11) is 0. The zero-order valence-electron chi connectivity index (χ0n) is 10.2. The van der Waals surface area contributed by atoms with Crippen molar-refractivity contribution in [3.8, 4) is 6.07 Å². The molecule has 1 aromatic rings. The second kappa shape index (κ2) is 5.40. The maximum absolute atomic E-state index is 11.8. The Balaban J connectivity index is 1.84. The van der Waals surface area contributed by atoms with Crippen molar-refractivity contribution >= 4 is 17.7 Å². The molecule has 5 heteroatoms. The lowest BCUT2D eigenvalue weighted by atomic mass is 9.98. The number of hydrogen-bond acceptors (Lipinski definition) is 4. The molecule has 0 spiro atoms. The van der Waals surface area contributed by atoms with E-state index in [0.717, 1.165) is 17.9 Å². The molecule has 0 aliphatic heterocycles. The maximum Gasteiger partial charge on any atom is 0.231 e. The summed E-state index contributed by atoms with van der Waals surface area (Å²) in [6.45, 7) is 1.80. The molecule has 1 N–H and O–H groups in total. The first-order chi connectivity index (χ1) is 8.64. The molecule has 0 saturated heterocycles. The zero-order chi connectivity index (χ0) is 13.0. The lowest BCUT2D eigenvalue weighted by Gasteiger charge is -2.22. The van der Waals surface area contributed by atoms with Crippen LogP contribution in [0.25, 0.3) is 0 Å². The summed E-state index contributed by atoms with van der Waals surface area (Å²) in [6.07, 6.45) is 3.75. The summed E-state index contributed by atoms with van der Waals surface area (Å²) in [5.41, 5.74) is -0.707. The second-order valence-corrected chi connectivity index (χ2v) is 5.59. The number of nitrogens with zero attached hydrogens (tertiary/aromatic N) is 2. The molecule has 1 unspecified atom stereocenters. The van der Waals surface area contributed by atoms with Crippen molar-refractivity contribution in [1.82, 2.24) is 10.3 Å². The first kappa shape index (κ1) is 12.9. The van der Waals surface area contributed by atoms with Gasteiger partial charge in [0.05, 0.1) is 16.8 Å². The van der Waals surface area contributed by atoms with Crippen LogP contribution in [0.4, 0.5) is 0 Å². The molecule has 0 bridgehead atoms. The van der Waals surface area contributed by atoms with Gasteiger partial charge in [-0.1, -0.05) is 17.8 Å². The van der Waals surface area contributed by atoms with Crippen molar-refractivity contribution in [2.24, 2.45) is 5.92 Å². The third-order valence-electron chi connectivity index (χ3n) is 3.01. The fourth-order valence-electron chi connectivity index (χ4n) is 1.78. The van der Waals surface area contributed by atoms with E-state index in [1.807, 2.05) is 18.2 Å². The number of amides is 1. The van der Waals surface area contributed by atoms with E-state index in [9.17, 15) is 4.79 Å².